The molecule has 0 unspecified atom stereocenters. The molecule has 0 aliphatic heterocycles. The molecule has 0 heterocycles. The van der Waals surface area contributed by atoms with Gasteiger partial charge in [-0.15, -0.1) is 0 Å². The molecule has 0 saturated carbocycles. The van der Waals surface area contributed by atoms with Gasteiger partial charge in [-0.3, -0.25) is 0 Å². The molecule has 0 aliphatic carbocycles. The molecule has 0 aliphatic rings. The van der Waals surface area contributed by atoms with Crippen molar-refractivity contribution in [2.45, 2.75) is 20.8 Å². The van der Waals surface area contributed by atoms with E-state index in [1.807, 2.05) is 26.8 Å². The average Bonchev–Trinajstić information content (AvgIpc) is 1.63. The number of oxime groups is 1. The molecule has 0 fully saturated rings. The van der Waals surface area contributed by atoms with Crippen LogP contribution in [0.3, 0.4) is 0 Å². The van der Waals surface area contributed by atoms with Crippen molar-refractivity contribution in [3.05, 3.63) is 18.8 Å². The van der Waals surface area contributed by atoms with E-state index in [0.29, 0.717) is 0 Å². The zero-order chi connectivity index (χ0) is 7.28. The van der Waals surface area contributed by atoms with Crippen LogP contribution >= 0.6 is 0 Å². The van der Waals surface area contributed by atoms with Crippen molar-refractivity contribution >= 4 is 5.71 Å². The van der Waals surface area contributed by atoms with Crippen LogP contribution in [-0.4, -0.2) is 5.71 Å². The van der Waals surface area contributed by atoms with E-state index in [2.05, 4.69) is 17.1 Å². The maximum Gasteiger partial charge on any atom is 0.153 e. The molecule has 0 spiro atoms. The van der Waals surface area contributed by atoms with E-state index in [-0.39, 0.29) is 0 Å². The minimum atomic E-state index is 0.838. The summed E-state index contributed by atoms with van der Waals surface area (Å²) in [5.74, 6) is 0. The molecule has 0 bridgehead atoms. The van der Waals surface area contributed by atoms with Crippen molar-refractivity contribution in [2.24, 2.45) is 5.16 Å². The van der Waals surface area contributed by atoms with E-state index in [9.17, 15) is 0 Å². The zero-order valence-corrected chi connectivity index (χ0v) is 6.14. The summed E-state index contributed by atoms with van der Waals surface area (Å²) in [6.07, 6.45) is 1.92. The maximum absolute atomic E-state index is 4.30. The van der Waals surface area contributed by atoms with Crippen LogP contribution in [0.15, 0.2) is 16.8 Å². The quantitative estimate of drug-likeness (QED) is 0.410. The van der Waals surface area contributed by atoms with Gasteiger partial charge in [-0.05, 0) is 26.8 Å². The Hall–Kier alpha value is -0.790. The molecule has 2 nitrogen and oxygen atoms in total. The number of hydrogen-bond donors (Lipinski definition) is 0. The highest BCUT2D eigenvalue weighted by molar-refractivity contribution is 5.92. The van der Waals surface area contributed by atoms with E-state index in [1.165, 1.54) is 5.57 Å². The highest BCUT2D eigenvalue weighted by Crippen LogP contribution is 1.90. The summed E-state index contributed by atoms with van der Waals surface area (Å²) in [4.78, 5) is 4.30. The molecule has 0 amide bonds. The second-order valence-electron chi connectivity index (χ2n) is 2.08. The highest BCUT2D eigenvalue weighted by Gasteiger charge is 1.82. The van der Waals surface area contributed by atoms with E-state index < -0.39 is 0 Å². The normalized spacial score (nSPS) is 10.9. The first-order valence-corrected chi connectivity index (χ1v) is 2.77. The number of rotatable bonds is 2. The summed E-state index contributed by atoms with van der Waals surface area (Å²) < 4.78 is 0. The molecule has 2 heteroatoms. The lowest BCUT2D eigenvalue weighted by atomic mass is 10.3. The van der Waals surface area contributed by atoms with Crippen molar-refractivity contribution in [1.82, 2.24) is 0 Å². The summed E-state index contributed by atoms with van der Waals surface area (Å²) in [6, 6.07) is 0. The largest absolute Gasteiger partial charge is 0.392 e. The lowest BCUT2D eigenvalue weighted by Gasteiger charge is -1.90. The van der Waals surface area contributed by atoms with Gasteiger partial charge in [0.15, 0.2) is 7.11 Å². The average molecular weight is 126 g/mol. The Morgan fingerprint density at radius 3 is 2.33 bits per heavy atom. The second-order valence-corrected chi connectivity index (χ2v) is 2.08. The molecule has 0 aromatic heterocycles. The predicted octanol–water partition coefficient (Wildman–Crippen LogP) is 2.14. The van der Waals surface area contributed by atoms with Gasteiger partial charge < -0.3 is 4.84 Å². The van der Waals surface area contributed by atoms with Gasteiger partial charge in [-0.1, -0.05) is 10.7 Å². The molecule has 0 atom stereocenters. The Labute approximate surface area is 56.2 Å². The van der Waals surface area contributed by atoms with E-state index >= 15 is 0 Å². The van der Waals surface area contributed by atoms with Crippen LogP contribution in [0, 0.1) is 7.11 Å². The Morgan fingerprint density at radius 1 is 1.44 bits per heavy atom. The first-order chi connectivity index (χ1) is 4.16. The smallest absolute Gasteiger partial charge is 0.153 e. The minimum Gasteiger partial charge on any atom is -0.392 e. The van der Waals surface area contributed by atoms with Gasteiger partial charge in [0.25, 0.3) is 0 Å². The highest BCUT2D eigenvalue weighted by atomic mass is 16.6. The number of nitrogens with zero attached hydrogens (tertiary/aromatic N) is 1. The van der Waals surface area contributed by atoms with Gasteiger partial charge in [0.1, 0.15) is 0 Å². The van der Waals surface area contributed by atoms with Crippen LogP contribution in [-0.2, 0) is 4.84 Å². The van der Waals surface area contributed by atoms with E-state index in [0.717, 1.165) is 5.71 Å². The van der Waals surface area contributed by atoms with Crippen LogP contribution < -0.4 is 0 Å². The Bertz CT molecular complexity index is 132. The molecule has 0 aromatic carbocycles. The van der Waals surface area contributed by atoms with Gasteiger partial charge in [0, 0.05) is 0 Å². The van der Waals surface area contributed by atoms with Crippen LogP contribution in [0.25, 0.3) is 0 Å². The molecule has 0 aromatic rings. The lowest BCUT2D eigenvalue weighted by Crippen LogP contribution is -1.85. The van der Waals surface area contributed by atoms with Crippen molar-refractivity contribution in [3.8, 4) is 0 Å². The molecule has 0 rings (SSSR count). The van der Waals surface area contributed by atoms with Crippen LogP contribution in [0.1, 0.15) is 20.8 Å². The molecule has 0 N–H and O–H groups in total. The standard InChI is InChI=1S/C7H12NO/c1-6(2)5-7(3)8-9-4/h5H,4H2,1-3H3. The Kier molecular flexibility index (Phi) is 3.76. The van der Waals surface area contributed by atoms with Crippen LogP contribution in [0.5, 0.6) is 0 Å². The lowest BCUT2D eigenvalue weighted by molar-refractivity contribution is 0.260. The molecular weight excluding hydrogens is 114 g/mol. The molecule has 0 saturated heterocycles. The van der Waals surface area contributed by atoms with Crippen molar-refractivity contribution in [3.63, 3.8) is 0 Å². The van der Waals surface area contributed by atoms with E-state index in [4.69, 9.17) is 0 Å². The SMILES string of the molecule is [CH2]ON=C(C)C=C(C)C. The summed E-state index contributed by atoms with van der Waals surface area (Å²) in [7, 11) is 3.12. The summed E-state index contributed by atoms with van der Waals surface area (Å²) in [5.41, 5.74) is 2.04. The van der Waals surface area contributed by atoms with Crippen LogP contribution in [0.2, 0.25) is 0 Å². The Balaban J connectivity index is 3.90. The molecule has 1 radical (unpaired) electrons. The van der Waals surface area contributed by atoms with Crippen molar-refractivity contribution < 1.29 is 4.84 Å². The van der Waals surface area contributed by atoms with Gasteiger partial charge in [0.05, 0.1) is 5.71 Å². The predicted molar refractivity (Wildman–Crippen MR) is 39.0 cm³/mol. The molecule has 51 valence electrons. The number of allylic oxidation sites excluding steroid dienone is 2. The minimum absolute atomic E-state index is 0.838. The zero-order valence-electron chi connectivity index (χ0n) is 6.14. The first-order valence-electron chi connectivity index (χ1n) is 2.77. The first kappa shape index (κ1) is 8.21. The summed E-state index contributed by atoms with van der Waals surface area (Å²) in [5, 5.41) is 3.59. The van der Waals surface area contributed by atoms with Gasteiger partial charge in [-0.25, -0.2) is 0 Å². The summed E-state index contributed by atoms with van der Waals surface area (Å²) >= 11 is 0. The van der Waals surface area contributed by atoms with Crippen molar-refractivity contribution in [1.29, 1.82) is 0 Å². The fraction of sp³-hybridized carbons (Fsp3) is 0.429. The fourth-order valence-electron chi connectivity index (χ4n) is 0.546. The maximum atomic E-state index is 4.30. The summed E-state index contributed by atoms with van der Waals surface area (Å²) in [6.45, 7) is 5.86. The Morgan fingerprint density at radius 2 is 2.00 bits per heavy atom. The third kappa shape index (κ3) is 5.07. The van der Waals surface area contributed by atoms with Gasteiger partial charge in [-0.2, -0.15) is 0 Å². The van der Waals surface area contributed by atoms with E-state index in [1.54, 1.807) is 0 Å². The number of hydrogen-bond acceptors (Lipinski definition) is 2. The fourth-order valence-corrected chi connectivity index (χ4v) is 0.546. The van der Waals surface area contributed by atoms with Gasteiger partial charge in [0.2, 0.25) is 0 Å². The third-order valence-electron chi connectivity index (χ3n) is 0.706. The monoisotopic (exact) mass is 126 g/mol. The molecule has 9 heavy (non-hydrogen) atoms. The molecular formula is C7H12NO. The third-order valence-corrected chi connectivity index (χ3v) is 0.706. The van der Waals surface area contributed by atoms with Crippen molar-refractivity contribution in [2.75, 3.05) is 0 Å². The topological polar surface area (TPSA) is 21.6 Å². The van der Waals surface area contributed by atoms with Crippen LogP contribution in [0.4, 0.5) is 0 Å². The second kappa shape index (κ2) is 4.13. The van der Waals surface area contributed by atoms with Gasteiger partial charge >= 0.3 is 0 Å².